The van der Waals surface area contributed by atoms with Gasteiger partial charge in [0.05, 0.1) is 13.3 Å². The lowest BCUT2D eigenvalue weighted by Gasteiger charge is -2.16. The Balaban J connectivity index is 1.73. The minimum absolute atomic E-state index is 0.0944. The van der Waals surface area contributed by atoms with Crippen molar-refractivity contribution in [1.82, 2.24) is 15.7 Å². The number of nitrogens with zero attached hydrogens (tertiary/aromatic N) is 1. The van der Waals surface area contributed by atoms with Gasteiger partial charge in [0.15, 0.2) is 0 Å². The Morgan fingerprint density at radius 1 is 0.773 bits per heavy atom. The largest absolute Gasteiger partial charge is 0.337 e. The molecule has 0 heterocycles. The molecule has 0 saturated carbocycles. The fourth-order valence-corrected chi connectivity index (χ4v) is 1.77. The number of nitrogens with one attached hydrogen (secondary N) is 2. The molecule has 0 aliphatic heterocycles. The first kappa shape index (κ1) is 15.7. The van der Waals surface area contributed by atoms with E-state index in [2.05, 4.69) is 10.6 Å². The molecule has 0 unspecified atom stereocenters. The standard InChI is InChI=1S/C16H17N3O3/c20-15(13-7-3-1-4-8-13)17-11-19(22)12-18-16(21)14-9-5-2-6-10-14/h1-10,22H,11-12H2,(H,17,20)(H,18,21). The van der Waals surface area contributed by atoms with E-state index in [4.69, 9.17) is 0 Å². The summed E-state index contributed by atoms with van der Waals surface area (Å²) in [4.78, 5) is 23.5. The first-order chi connectivity index (χ1) is 10.7. The van der Waals surface area contributed by atoms with Gasteiger partial charge in [-0.25, -0.2) is 0 Å². The van der Waals surface area contributed by atoms with E-state index in [1.807, 2.05) is 12.1 Å². The lowest BCUT2D eigenvalue weighted by Crippen LogP contribution is -2.42. The highest BCUT2D eigenvalue weighted by Crippen LogP contribution is 1.98. The van der Waals surface area contributed by atoms with Gasteiger partial charge in [-0.3, -0.25) is 9.59 Å². The molecule has 0 aromatic heterocycles. The van der Waals surface area contributed by atoms with Crippen LogP contribution >= 0.6 is 0 Å². The minimum atomic E-state index is -0.297. The smallest absolute Gasteiger partial charge is 0.252 e. The molecule has 0 spiro atoms. The number of benzene rings is 2. The van der Waals surface area contributed by atoms with E-state index in [1.54, 1.807) is 48.5 Å². The highest BCUT2D eigenvalue weighted by molar-refractivity contribution is 5.94. The van der Waals surface area contributed by atoms with Crippen LogP contribution in [0.15, 0.2) is 60.7 Å². The van der Waals surface area contributed by atoms with Gasteiger partial charge in [-0.15, -0.1) is 0 Å². The molecule has 22 heavy (non-hydrogen) atoms. The molecule has 0 saturated heterocycles. The third kappa shape index (κ3) is 4.69. The molecule has 0 fully saturated rings. The Labute approximate surface area is 128 Å². The van der Waals surface area contributed by atoms with E-state index >= 15 is 0 Å². The maximum absolute atomic E-state index is 11.8. The van der Waals surface area contributed by atoms with Gasteiger partial charge in [0.1, 0.15) is 0 Å². The Bertz CT molecular complexity index is 562. The van der Waals surface area contributed by atoms with Gasteiger partial charge in [0.2, 0.25) is 0 Å². The van der Waals surface area contributed by atoms with Crippen LogP contribution in [0.2, 0.25) is 0 Å². The predicted octanol–water partition coefficient (Wildman–Crippen LogP) is 1.45. The van der Waals surface area contributed by atoms with Crippen LogP contribution in [0.5, 0.6) is 0 Å². The second-order valence-electron chi connectivity index (χ2n) is 4.57. The van der Waals surface area contributed by atoms with Crippen LogP contribution in [-0.2, 0) is 0 Å². The van der Waals surface area contributed by atoms with Gasteiger partial charge in [0.25, 0.3) is 11.8 Å². The number of hydrogen-bond acceptors (Lipinski definition) is 4. The fourth-order valence-electron chi connectivity index (χ4n) is 1.77. The molecular weight excluding hydrogens is 282 g/mol. The first-order valence-electron chi connectivity index (χ1n) is 6.77. The average molecular weight is 299 g/mol. The third-order valence-electron chi connectivity index (χ3n) is 2.92. The van der Waals surface area contributed by atoms with E-state index in [1.165, 1.54) is 0 Å². The zero-order valence-electron chi connectivity index (χ0n) is 11.9. The topological polar surface area (TPSA) is 81.7 Å². The Kier molecular flexibility index (Phi) is 5.65. The molecule has 114 valence electrons. The summed E-state index contributed by atoms with van der Waals surface area (Å²) < 4.78 is 0. The van der Waals surface area contributed by atoms with Gasteiger partial charge < -0.3 is 15.8 Å². The van der Waals surface area contributed by atoms with E-state index in [-0.39, 0.29) is 25.2 Å². The molecule has 2 rings (SSSR count). The van der Waals surface area contributed by atoms with Crippen molar-refractivity contribution in [3.8, 4) is 0 Å². The summed E-state index contributed by atoms with van der Waals surface area (Å²) in [5, 5.41) is 15.5. The van der Waals surface area contributed by atoms with Crippen molar-refractivity contribution < 1.29 is 14.8 Å². The molecule has 0 atom stereocenters. The Morgan fingerprint density at radius 3 is 1.50 bits per heavy atom. The molecule has 6 heteroatoms. The van der Waals surface area contributed by atoms with Crippen LogP contribution in [0.25, 0.3) is 0 Å². The molecule has 2 aromatic carbocycles. The molecule has 0 aliphatic carbocycles. The Morgan fingerprint density at radius 2 is 1.14 bits per heavy atom. The maximum Gasteiger partial charge on any atom is 0.252 e. The van der Waals surface area contributed by atoms with Crippen LogP contribution in [0.1, 0.15) is 20.7 Å². The van der Waals surface area contributed by atoms with Crippen LogP contribution in [0.4, 0.5) is 0 Å². The SMILES string of the molecule is O=C(NCN(O)CNC(=O)c1ccccc1)c1ccccc1. The van der Waals surface area contributed by atoms with Gasteiger partial charge in [-0.2, -0.15) is 5.06 Å². The van der Waals surface area contributed by atoms with Crippen molar-refractivity contribution in [2.24, 2.45) is 0 Å². The molecule has 0 radical (unpaired) electrons. The van der Waals surface area contributed by atoms with Crippen molar-refractivity contribution in [3.05, 3.63) is 71.8 Å². The summed E-state index contributed by atoms with van der Waals surface area (Å²) in [6, 6.07) is 17.3. The summed E-state index contributed by atoms with van der Waals surface area (Å²) in [6.07, 6.45) is 0. The summed E-state index contributed by atoms with van der Waals surface area (Å²) in [5.74, 6) is -0.594. The lowest BCUT2D eigenvalue weighted by atomic mass is 10.2. The maximum atomic E-state index is 11.8. The zero-order chi connectivity index (χ0) is 15.8. The third-order valence-corrected chi connectivity index (χ3v) is 2.92. The molecule has 2 aromatic rings. The van der Waals surface area contributed by atoms with E-state index < -0.39 is 0 Å². The number of hydroxylamine groups is 2. The van der Waals surface area contributed by atoms with E-state index in [9.17, 15) is 14.8 Å². The van der Waals surface area contributed by atoms with Crippen LogP contribution < -0.4 is 10.6 Å². The number of amides is 2. The van der Waals surface area contributed by atoms with E-state index in [0.29, 0.717) is 11.1 Å². The predicted molar refractivity (Wildman–Crippen MR) is 81.2 cm³/mol. The fraction of sp³-hybridized carbons (Fsp3) is 0.125. The zero-order valence-corrected chi connectivity index (χ0v) is 11.9. The summed E-state index contributed by atoms with van der Waals surface area (Å²) in [7, 11) is 0. The normalized spacial score (nSPS) is 10.3. The van der Waals surface area contributed by atoms with Gasteiger partial charge >= 0.3 is 0 Å². The van der Waals surface area contributed by atoms with Crippen molar-refractivity contribution in [3.63, 3.8) is 0 Å². The Hall–Kier alpha value is -2.70. The second kappa shape index (κ2) is 7.92. The molecular formula is C16H17N3O3. The lowest BCUT2D eigenvalue weighted by molar-refractivity contribution is -0.0981. The average Bonchev–Trinajstić information content (AvgIpc) is 2.59. The van der Waals surface area contributed by atoms with Crippen molar-refractivity contribution in [2.75, 3.05) is 13.3 Å². The monoisotopic (exact) mass is 299 g/mol. The van der Waals surface area contributed by atoms with Gasteiger partial charge in [-0.1, -0.05) is 36.4 Å². The molecule has 3 N–H and O–H groups in total. The number of hydrogen-bond donors (Lipinski definition) is 3. The van der Waals surface area contributed by atoms with Crippen molar-refractivity contribution >= 4 is 11.8 Å². The molecule has 2 amide bonds. The number of rotatable bonds is 6. The summed E-state index contributed by atoms with van der Waals surface area (Å²) >= 11 is 0. The number of carbonyl (C=O) groups is 2. The quantitative estimate of drug-likeness (QED) is 0.557. The van der Waals surface area contributed by atoms with Gasteiger partial charge in [0, 0.05) is 11.1 Å². The molecule has 0 bridgehead atoms. The van der Waals surface area contributed by atoms with Crippen LogP contribution in [-0.4, -0.2) is 35.4 Å². The highest BCUT2D eigenvalue weighted by atomic mass is 16.5. The minimum Gasteiger partial charge on any atom is -0.337 e. The molecule has 0 aliphatic rings. The molecule has 6 nitrogen and oxygen atoms in total. The van der Waals surface area contributed by atoms with Crippen molar-refractivity contribution in [2.45, 2.75) is 0 Å². The second-order valence-corrected chi connectivity index (χ2v) is 4.57. The highest BCUT2D eigenvalue weighted by Gasteiger charge is 2.08. The van der Waals surface area contributed by atoms with Crippen molar-refractivity contribution in [1.29, 1.82) is 0 Å². The van der Waals surface area contributed by atoms with Crippen LogP contribution in [0, 0.1) is 0 Å². The van der Waals surface area contributed by atoms with Gasteiger partial charge in [-0.05, 0) is 24.3 Å². The first-order valence-corrected chi connectivity index (χ1v) is 6.77. The number of carbonyl (C=O) groups excluding carboxylic acids is 2. The van der Waals surface area contributed by atoms with Crippen LogP contribution in [0.3, 0.4) is 0 Å². The summed E-state index contributed by atoms with van der Waals surface area (Å²) in [6.45, 7) is -0.189. The summed E-state index contributed by atoms with van der Waals surface area (Å²) in [5.41, 5.74) is 1.01. The van der Waals surface area contributed by atoms with E-state index in [0.717, 1.165) is 5.06 Å².